The van der Waals surface area contributed by atoms with Crippen LogP contribution in [0.3, 0.4) is 0 Å². The number of aromatic nitrogens is 3. The van der Waals surface area contributed by atoms with Crippen molar-refractivity contribution in [3.63, 3.8) is 0 Å². The number of carbonyl (C=O) groups is 1. The maximum Gasteiger partial charge on any atom is 0.291 e. The molecule has 0 unspecified atom stereocenters. The predicted octanol–water partition coefficient (Wildman–Crippen LogP) is 2.86. The molecule has 1 fully saturated rings. The van der Waals surface area contributed by atoms with Crippen LogP contribution in [0, 0.1) is 11.8 Å². The van der Waals surface area contributed by atoms with Crippen molar-refractivity contribution < 1.29 is 4.79 Å². The summed E-state index contributed by atoms with van der Waals surface area (Å²) in [4.78, 5) is 28.1. The molecule has 7 nitrogen and oxygen atoms in total. The molecule has 1 aliphatic heterocycles. The number of hydrogen-bond acceptors (Lipinski definition) is 4. The van der Waals surface area contributed by atoms with Crippen LogP contribution < -0.4 is 10.9 Å². The zero-order chi connectivity index (χ0) is 22.0. The zero-order valence-electron chi connectivity index (χ0n) is 18.8. The van der Waals surface area contributed by atoms with Crippen molar-refractivity contribution in [3.8, 4) is 0 Å². The molecular weight excluding hydrogens is 390 g/mol. The molecule has 1 amide bonds. The molecule has 4 rings (SSSR count). The maximum atomic E-state index is 13.2. The number of nitrogens with one attached hydrogen (secondary N) is 1. The summed E-state index contributed by atoms with van der Waals surface area (Å²) in [6.07, 6.45) is 3.91. The minimum Gasteiger partial charge on any atom is -0.353 e. The normalized spacial score (nSPS) is 19.8. The van der Waals surface area contributed by atoms with Crippen molar-refractivity contribution in [2.24, 2.45) is 11.8 Å². The van der Waals surface area contributed by atoms with E-state index in [-0.39, 0.29) is 18.0 Å². The van der Waals surface area contributed by atoms with E-state index in [1.54, 1.807) is 6.20 Å². The molecule has 2 atom stereocenters. The Balaban J connectivity index is 1.48. The van der Waals surface area contributed by atoms with Crippen LogP contribution in [0.5, 0.6) is 0 Å². The van der Waals surface area contributed by atoms with Crippen LogP contribution in [0.2, 0.25) is 0 Å². The van der Waals surface area contributed by atoms with Gasteiger partial charge in [0, 0.05) is 49.0 Å². The Bertz CT molecular complexity index is 1120. The second-order valence-electron chi connectivity index (χ2n) is 9.09. The number of para-hydroxylation sites is 1. The summed E-state index contributed by atoms with van der Waals surface area (Å²) in [5.41, 5.74) is 1.45. The van der Waals surface area contributed by atoms with Crippen LogP contribution in [0.15, 0.2) is 35.3 Å². The molecule has 0 bridgehead atoms. The standard InChI is InChI=1S/C24H33N5O2/c1-4-10-28-21-8-6-5-7-19(21)20-13-26-29(24(31)23(20)28)16-22(30)25-9-11-27-14-17(2)12-18(3)15-27/h5-8,13,17-18H,4,9-12,14-16H2,1-3H3,(H,25,30)/t17-,18+. The van der Waals surface area contributed by atoms with Gasteiger partial charge in [0.05, 0.1) is 6.20 Å². The highest BCUT2D eigenvalue weighted by molar-refractivity contribution is 6.07. The lowest BCUT2D eigenvalue weighted by molar-refractivity contribution is -0.122. The number of benzene rings is 1. The molecule has 3 heterocycles. The number of aryl methyl sites for hydroxylation is 1. The molecule has 0 aliphatic carbocycles. The van der Waals surface area contributed by atoms with E-state index in [9.17, 15) is 9.59 Å². The molecular formula is C24H33N5O2. The van der Waals surface area contributed by atoms with E-state index in [4.69, 9.17) is 0 Å². The zero-order valence-corrected chi connectivity index (χ0v) is 18.8. The summed E-state index contributed by atoms with van der Waals surface area (Å²) in [7, 11) is 0. The second-order valence-corrected chi connectivity index (χ2v) is 9.09. The van der Waals surface area contributed by atoms with E-state index in [1.807, 2.05) is 24.3 Å². The number of fused-ring (bicyclic) bond motifs is 3. The highest BCUT2D eigenvalue weighted by atomic mass is 16.2. The number of amides is 1. The lowest BCUT2D eigenvalue weighted by Gasteiger charge is -2.34. The van der Waals surface area contributed by atoms with Gasteiger partial charge in [-0.1, -0.05) is 39.0 Å². The van der Waals surface area contributed by atoms with Gasteiger partial charge < -0.3 is 14.8 Å². The van der Waals surface area contributed by atoms with Gasteiger partial charge in [-0.3, -0.25) is 9.59 Å². The van der Waals surface area contributed by atoms with Gasteiger partial charge in [-0.15, -0.1) is 0 Å². The van der Waals surface area contributed by atoms with Gasteiger partial charge in [0.25, 0.3) is 5.56 Å². The Kier molecular flexibility index (Phi) is 6.41. The molecule has 1 aromatic carbocycles. The Morgan fingerprint density at radius 2 is 1.87 bits per heavy atom. The molecule has 2 aromatic heterocycles. The summed E-state index contributed by atoms with van der Waals surface area (Å²) in [5, 5.41) is 9.14. The number of nitrogens with zero attached hydrogens (tertiary/aromatic N) is 4. The predicted molar refractivity (Wildman–Crippen MR) is 124 cm³/mol. The average Bonchev–Trinajstić information content (AvgIpc) is 3.04. The third-order valence-corrected chi connectivity index (χ3v) is 6.21. The van der Waals surface area contributed by atoms with Crippen molar-refractivity contribution >= 4 is 27.7 Å². The minimum absolute atomic E-state index is 0.0603. The van der Waals surface area contributed by atoms with E-state index in [0.29, 0.717) is 23.9 Å². The van der Waals surface area contributed by atoms with E-state index in [2.05, 4.69) is 40.7 Å². The van der Waals surface area contributed by atoms with Crippen LogP contribution in [0.25, 0.3) is 21.8 Å². The Hall–Kier alpha value is -2.67. The molecule has 1 aliphatic rings. The summed E-state index contributed by atoms with van der Waals surface area (Å²) in [6.45, 7) is 11.0. The number of likely N-dealkylation sites (tertiary alicyclic amines) is 1. The lowest BCUT2D eigenvalue weighted by atomic mass is 9.92. The van der Waals surface area contributed by atoms with Gasteiger partial charge in [0.2, 0.25) is 5.91 Å². The molecule has 7 heteroatoms. The molecule has 3 aromatic rings. The van der Waals surface area contributed by atoms with Gasteiger partial charge >= 0.3 is 0 Å². The van der Waals surface area contributed by atoms with Crippen molar-refractivity contribution in [2.45, 2.75) is 46.7 Å². The van der Waals surface area contributed by atoms with E-state index in [0.717, 1.165) is 48.9 Å². The molecule has 166 valence electrons. The first kappa shape index (κ1) is 21.6. The van der Waals surface area contributed by atoms with Gasteiger partial charge in [-0.05, 0) is 30.7 Å². The van der Waals surface area contributed by atoms with Gasteiger partial charge in [-0.2, -0.15) is 5.10 Å². The topological polar surface area (TPSA) is 72.2 Å². The van der Waals surface area contributed by atoms with Gasteiger partial charge in [-0.25, -0.2) is 4.68 Å². The molecule has 1 N–H and O–H groups in total. The van der Waals surface area contributed by atoms with Crippen LogP contribution in [0.1, 0.15) is 33.6 Å². The fraction of sp³-hybridized carbons (Fsp3) is 0.542. The summed E-state index contributed by atoms with van der Waals surface area (Å²) < 4.78 is 3.34. The minimum atomic E-state index is -0.212. The van der Waals surface area contributed by atoms with E-state index >= 15 is 0 Å². The van der Waals surface area contributed by atoms with Crippen molar-refractivity contribution in [1.82, 2.24) is 24.6 Å². The Labute approximate surface area is 183 Å². The van der Waals surface area contributed by atoms with Gasteiger partial charge in [0.15, 0.2) is 0 Å². The van der Waals surface area contributed by atoms with Crippen LogP contribution in [-0.4, -0.2) is 51.3 Å². The van der Waals surface area contributed by atoms with Crippen molar-refractivity contribution in [2.75, 3.05) is 26.2 Å². The number of rotatable bonds is 7. The molecule has 0 saturated carbocycles. The highest BCUT2D eigenvalue weighted by Crippen LogP contribution is 2.26. The maximum absolute atomic E-state index is 13.2. The third-order valence-electron chi connectivity index (χ3n) is 6.21. The molecule has 31 heavy (non-hydrogen) atoms. The fourth-order valence-corrected chi connectivity index (χ4v) is 5.08. The second kappa shape index (κ2) is 9.22. The molecule has 1 saturated heterocycles. The Morgan fingerprint density at radius 1 is 1.13 bits per heavy atom. The van der Waals surface area contributed by atoms with E-state index in [1.165, 1.54) is 11.1 Å². The summed E-state index contributed by atoms with van der Waals surface area (Å²) >= 11 is 0. The first-order chi connectivity index (χ1) is 15.0. The van der Waals surface area contributed by atoms with Crippen molar-refractivity contribution in [3.05, 3.63) is 40.8 Å². The van der Waals surface area contributed by atoms with Crippen molar-refractivity contribution in [1.29, 1.82) is 0 Å². The highest BCUT2D eigenvalue weighted by Gasteiger charge is 2.21. The first-order valence-corrected chi connectivity index (χ1v) is 11.4. The summed E-state index contributed by atoms with van der Waals surface area (Å²) in [6, 6.07) is 8.01. The fourth-order valence-electron chi connectivity index (χ4n) is 5.08. The van der Waals surface area contributed by atoms with Crippen LogP contribution >= 0.6 is 0 Å². The first-order valence-electron chi connectivity index (χ1n) is 11.4. The van der Waals surface area contributed by atoms with Crippen LogP contribution in [-0.2, 0) is 17.9 Å². The quantitative estimate of drug-likeness (QED) is 0.634. The van der Waals surface area contributed by atoms with Crippen LogP contribution in [0.4, 0.5) is 0 Å². The summed E-state index contributed by atoms with van der Waals surface area (Å²) in [5.74, 6) is 1.22. The third kappa shape index (κ3) is 4.51. The SMILES string of the molecule is CCCn1c2ccccc2c2cnn(CC(=O)NCCN3C[C@H](C)C[C@H](C)C3)c(=O)c21. The monoisotopic (exact) mass is 423 g/mol. The number of carbonyl (C=O) groups excluding carboxylic acids is 1. The average molecular weight is 424 g/mol. The van der Waals surface area contributed by atoms with Gasteiger partial charge in [0.1, 0.15) is 12.1 Å². The largest absolute Gasteiger partial charge is 0.353 e. The number of hydrogen-bond donors (Lipinski definition) is 1. The smallest absolute Gasteiger partial charge is 0.291 e. The Morgan fingerprint density at radius 3 is 2.61 bits per heavy atom. The molecule has 0 spiro atoms. The molecule has 0 radical (unpaired) electrons. The van der Waals surface area contributed by atoms with E-state index < -0.39 is 0 Å². The number of piperidine rings is 1. The lowest BCUT2D eigenvalue weighted by Crippen LogP contribution is -2.43.